The Morgan fingerprint density at radius 2 is 1.58 bits per heavy atom. The monoisotopic (exact) mass is 470 g/mol. The molecule has 3 N–H and O–H groups in total. The van der Waals surface area contributed by atoms with Gasteiger partial charge in [0.25, 0.3) is 0 Å². The summed E-state index contributed by atoms with van der Waals surface area (Å²) >= 11 is 0. The van der Waals surface area contributed by atoms with Crippen molar-refractivity contribution < 1.29 is 0 Å². The average molecular weight is 471 g/mol. The van der Waals surface area contributed by atoms with Crippen LogP contribution >= 0.6 is 0 Å². The molecule has 0 unspecified atom stereocenters. The van der Waals surface area contributed by atoms with E-state index < -0.39 is 0 Å². The van der Waals surface area contributed by atoms with Crippen LogP contribution in [-0.2, 0) is 11.8 Å². The highest BCUT2D eigenvalue weighted by atomic mass is 14.9. The Hall–Kier alpha value is -4.30. The molecule has 180 valence electrons. The average Bonchev–Trinajstić information content (AvgIpc) is 2.88. The molecule has 0 amide bonds. The second-order valence-corrected chi connectivity index (χ2v) is 9.66. The zero-order valence-corrected chi connectivity index (χ0v) is 21.2. The van der Waals surface area contributed by atoms with E-state index in [0.717, 1.165) is 45.7 Å². The smallest absolute Gasteiger partial charge is 0.0463 e. The first-order valence-electron chi connectivity index (χ1n) is 12.3. The Morgan fingerprint density at radius 1 is 0.861 bits per heavy atom. The maximum absolute atomic E-state index is 6.22. The fraction of sp³-hybridized carbons (Fsp3) is 0.118. The molecule has 0 heterocycles. The first-order valence-corrected chi connectivity index (χ1v) is 12.3. The summed E-state index contributed by atoms with van der Waals surface area (Å²) < 4.78 is 0. The molecule has 4 aromatic rings. The highest BCUT2D eigenvalue weighted by Gasteiger charge is 2.21. The minimum Gasteiger partial charge on any atom is -0.398 e. The van der Waals surface area contributed by atoms with E-state index in [1.165, 1.54) is 11.1 Å². The molecule has 0 atom stereocenters. The Bertz CT molecular complexity index is 1390. The van der Waals surface area contributed by atoms with E-state index in [2.05, 4.69) is 99.1 Å². The predicted molar refractivity (Wildman–Crippen MR) is 158 cm³/mol. The standard InChI is InChI=1S/C34H34N2/c1-5-12-26(6-2)31-16-8-10-18-33(31)36-29-21-19-28(20-22-29)34(3,4)24-25-13-11-14-27(23-25)30-15-7-9-17-32(30)35/h5-23,36H,1-2,24,35H2,3-4H3/b26-12+. The molecule has 2 heteroatoms. The molecule has 4 rings (SSSR count). The highest BCUT2D eigenvalue weighted by molar-refractivity contribution is 5.84. The maximum atomic E-state index is 6.22. The zero-order chi connectivity index (χ0) is 25.5. The normalized spacial score (nSPS) is 11.7. The van der Waals surface area contributed by atoms with Crippen molar-refractivity contribution in [3.8, 4) is 11.1 Å². The van der Waals surface area contributed by atoms with Crippen LogP contribution < -0.4 is 11.1 Å². The van der Waals surface area contributed by atoms with Crippen molar-refractivity contribution in [1.29, 1.82) is 0 Å². The van der Waals surface area contributed by atoms with Gasteiger partial charge in [0.15, 0.2) is 0 Å². The van der Waals surface area contributed by atoms with E-state index in [1.54, 1.807) is 6.08 Å². The van der Waals surface area contributed by atoms with E-state index >= 15 is 0 Å². The lowest BCUT2D eigenvalue weighted by Gasteiger charge is -2.26. The lowest BCUT2D eigenvalue weighted by Crippen LogP contribution is -2.20. The molecule has 0 radical (unpaired) electrons. The van der Waals surface area contributed by atoms with E-state index in [1.807, 2.05) is 42.5 Å². The van der Waals surface area contributed by atoms with Gasteiger partial charge >= 0.3 is 0 Å². The number of benzene rings is 4. The summed E-state index contributed by atoms with van der Waals surface area (Å²) in [6, 6.07) is 33.7. The molecule has 4 aromatic carbocycles. The van der Waals surface area contributed by atoms with Gasteiger partial charge in [-0.1, -0.05) is 118 Å². The predicted octanol–water partition coefficient (Wildman–Crippen LogP) is 8.96. The largest absolute Gasteiger partial charge is 0.398 e. The van der Waals surface area contributed by atoms with Gasteiger partial charge in [-0.3, -0.25) is 0 Å². The van der Waals surface area contributed by atoms with Crippen LogP contribution in [0.2, 0.25) is 0 Å². The van der Waals surface area contributed by atoms with E-state index in [9.17, 15) is 0 Å². The van der Waals surface area contributed by atoms with Crippen LogP contribution in [0, 0.1) is 0 Å². The third-order valence-corrected chi connectivity index (χ3v) is 6.55. The van der Waals surface area contributed by atoms with Crippen LogP contribution in [0.15, 0.2) is 128 Å². The SMILES string of the molecule is C=C/C=C(\C=C)c1ccccc1Nc1ccc(C(C)(C)Cc2cccc(-c3ccccc3N)c2)cc1. The number of anilines is 3. The number of rotatable bonds is 9. The van der Waals surface area contributed by atoms with Gasteiger partial charge in [0.2, 0.25) is 0 Å². The quantitative estimate of drug-likeness (QED) is 0.189. The maximum Gasteiger partial charge on any atom is 0.0463 e. The summed E-state index contributed by atoms with van der Waals surface area (Å²) in [5, 5.41) is 3.57. The van der Waals surface area contributed by atoms with Gasteiger partial charge in [-0.15, -0.1) is 0 Å². The second-order valence-electron chi connectivity index (χ2n) is 9.66. The topological polar surface area (TPSA) is 38.0 Å². The van der Waals surface area contributed by atoms with Gasteiger partial charge in [0.1, 0.15) is 0 Å². The van der Waals surface area contributed by atoms with Crippen LogP contribution in [0.5, 0.6) is 0 Å². The third kappa shape index (κ3) is 5.67. The first-order chi connectivity index (χ1) is 17.4. The Balaban J connectivity index is 1.53. The number of nitrogen functional groups attached to an aromatic ring is 1. The fourth-order valence-corrected chi connectivity index (χ4v) is 4.62. The number of hydrogen-bond acceptors (Lipinski definition) is 2. The van der Waals surface area contributed by atoms with Crippen molar-refractivity contribution >= 4 is 22.6 Å². The lowest BCUT2D eigenvalue weighted by atomic mass is 9.79. The number of nitrogens with two attached hydrogens (primary N) is 1. The van der Waals surface area contributed by atoms with Crippen LogP contribution in [0.4, 0.5) is 17.1 Å². The Morgan fingerprint density at radius 3 is 2.31 bits per heavy atom. The van der Waals surface area contributed by atoms with Crippen molar-refractivity contribution in [2.45, 2.75) is 25.7 Å². The van der Waals surface area contributed by atoms with Crippen molar-refractivity contribution in [3.05, 3.63) is 145 Å². The molecule has 0 spiro atoms. The molecule has 2 nitrogen and oxygen atoms in total. The van der Waals surface area contributed by atoms with Gasteiger partial charge in [-0.25, -0.2) is 0 Å². The molecular weight excluding hydrogens is 436 g/mol. The highest BCUT2D eigenvalue weighted by Crippen LogP contribution is 2.33. The second kappa shape index (κ2) is 11.0. The number of allylic oxidation sites excluding steroid dienone is 4. The van der Waals surface area contributed by atoms with Crippen molar-refractivity contribution in [3.63, 3.8) is 0 Å². The number of hydrogen-bond donors (Lipinski definition) is 2. The van der Waals surface area contributed by atoms with Gasteiger partial charge < -0.3 is 11.1 Å². The number of nitrogens with one attached hydrogen (secondary N) is 1. The van der Waals surface area contributed by atoms with Crippen molar-refractivity contribution in [1.82, 2.24) is 0 Å². The van der Waals surface area contributed by atoms with Crippen LogP contribution in [-0.4, -0.2) is 0 Å². The van der Waals surface area contributed by atoms with Gasteiger partial charge in [0, 0.05) is 28.2 Å². The van der Waals surface area contributed by atoms with Crippen molar-refractivity contribution in [2.75, 3.05) is 11.1 Å². The zero-order valence-electron chi connectivity index (χ0n) is 21.2. The van der Waals surface area contributed by atoms with Crippen molar-refractivity contribution in [2.24, 2.45) is 0 Å². The molecule has 0 aliphatic carbocycles. The van der Waals surface area contributed by atoms with E-state index in [0.29, 0.717) is 0 Å². The van der Waals surface area contributed by atoms with Crippen LogP contribution in [0.1, 0.15) is 30.5 Å². The first kappa shape index (κ1) is 24.8. The molecule has 0 aromatic heterocycles. The Kier molecular flexibility index (Phi) is 7.56. The summed E-state index contributed by atoms with van der Waals surface area (Å²) in [5.74, 6) is 0. The third-order valence-electron chi connectivity index (χ3n) is 6.55. The molecule has 0 aliphatic rings. The molecule has 0 saturated carbocycles. The van der Waals surface area contributed by atoms with Gasteiger partial charge in [0.05, 0.1) is 0 Å². The lowest BCUT2D eigenvalue weighted by molar-refractivity contribution is 0.522. The summed E-state index contributed by atoms with van der Waals surface area (Å²) in [6.45, 7) is 12.4. The van der Waals surface area contributed by atoms with Crippen LogP contribution in [0.3, 0.4) is 0 Å². The summed E-state index contributed by atoms with van der Waals surface area (Å²) in [7, 11) is 0. The molecular formula is C34H34N2. The molecule has 36 heavy (non-hydrogen) atoms. The molecule has 0 fully saturated rings. The van der Waals surface area contributed by atoms with Gasteiger partial charge in [-0.05, 0) is 58.4 Å². The van der Waals surface area contributed by atoms with E-state index in [4.69, 9.17) is 5.73 Å². The summed E-state index contributed by atoms with van der Waals surface area (Å²) in [4.78, 5) is 0. The minimum absolute atomic E-state index is 0.0278. The molecule has 0 bridgehead atoms. The summed E-state index contributed by atoms with van der Waals surface area (Å²) in [5.41, 5.74) is 16.0. The molecule has 0 aliphatic heterocycles. The fourth-order valence-electron chi connectivity index (χ4n) is 4.62. The van der Waals surface area contributed by atoms with Gasteiger partial charge in [-0.2, -0.15) is 0 Å². The summed E-state index contributed by atoms with van der Waals surface area (Å²) in [6.07, 6.45) is 6.54. The number of para-hydroxylation sites is 2. The Labute approximate surface area is 215 Å². The molecule has 0 saturated heterocycles. The van der Waals surface area contributed by atoms with E-state index in [-0.39, 0.29) is 5.41 Å². The minimum atomic E-state index is -0.0278. The van der Waals surface area contributed by atoms with Crippen LogP contribution in [0.25, 0.3) is 16.7 Å².